The number of phenols is 1. The molecule has 0 amide bonds. The summed E-state index contributed by atoms with van der Waals surface area (Å²) >= 11 is 0. The van der Waals surface area contributed by atoms with E-state index in [-0.39, 0.29) is 5.75 Å². The quantitative estimate of drug-likeness (QED) is 0.767. The summed E-state index contributed by atoms with van der Waals surface area (Å²) in [6.45, 7) is 2.72. The van der Waals surface area contributed by atoms with Crippen molar-refractivity contribution in [3.8, 4) is 11.4 Å². The molecule has 0 atom stereocenters. The molecule has 0 saturated carbocycles. The maximum Gasteiger partial charge on any atom is 0.143 e. The van der Waals surface area contributed by atoms with Gasteiger partial charge in [-0.2, -0.15) is 0 Å². The first-order valence-corrected chi connectivity index (χ1v) is 6.58. The predicted octanol–water partition coefficient (Wildman–Crippen LogP) is 2.29. The molecular weight excluding hydrogens is 266 g/mol. The predicted molar refractivity (Wildman–Crippen MR) is 79.3 cm³/mol. The zero-order chi connectivity index (χ0) is 14.7. The topological polar surface area (TPSA) is 75.9 Å². The lowest BCUT2D eigenvalue weighted by Gasteiger charge is -2.11. The van der Waals surface area contributed by atoms with Crippen molar-refractivity contribution in [2.75, 3.05) is 5.32 Å². The average molecular weight is 281 g/mol. The Labute approximate surface area is 122 Å². The summed E-state index contributed by atoms with van der Waals surface area (Å²) in [4.78, 5) is 0. The number of rotatable bonds is 4. The second kappa shape index (κ2) is 5.62. The van der Waals surface area contributed by atoms with Gasteiger partial charge in [0.15, 0.2) is 0 Å². The van der Waals surface area contributed by atoms with Crippen molar-refractivity contribution in [3.63, 3.8) is 0 Å². The van der Waals surface area contributed by atoms with E-state index in [2.05, 4.69) is 20.8 Å². The van der Waals surface area contributed by atoms with Crippen molar-refractivity contribution >= 4 is 5.69 Å². The van der Waals surface area contributed by atoms with Crippen molar-refractivity contribution in [2.45, 2.75) is 13.5 Å². The molecule has 3 aromatic rings. The summed E-state index contributed by atoms with van der Waals surface area (Å²) in [5.74, 6) is 0.274. The zero-order valence-corrected chi connectivity index (χ0v) is 11.6. The van der Waals surface area contributed by atoms with Crippen LogP contribution in [0.15, 0.2) is 48.8 Å². The van der Waals surface area contributed by atoms with Crippen LogP contribution in [0.4, 0.5) is 5.69 Å². The number of anilines is 1. The Hall–Kier alpha value is -2.89. The average Bonchev–Trinajstić information content (AvgIpc) is 3.02. The highest BCUT2D eigenvalue weighted by Gasteiger charge is 2.03. The first kappa shape index (κ1) is 13.1. The van der Waals surface area contributed by atoms with Crippen molar-refractivity contribution in [3.05, 3.63) is 59.9 Å². The molecule has 1 heterocycles. The third-order valence-electron chi connectivity index (χ3n) is 3.25. The van der Waals surface area contributed by atoms with Crippen molar-refractivity contribution in [1.82, 2.24) is 20.2 Å². The number of hydrogen-bond donors (Lipinski definition) is 2. The maximum atomic E-state index is 9.29. The molecule has 106 valence electrons. The van der Waals surface area contributed by atoms with Crippen molar-refractivity contribution in [1.29, 1.82) is 0 Å². The molecule has 0 bridgehead atoms. The van der Waals surface area contributed by atoms with E-state index in [9.17, 15) is 5.11 Å². The molecule has 0 aliphatic heterocycles. The van der Waals surface area contributed by atoms with Gasteiger partial charge in [-0.3, -0.25) is 0 Å². The summed E-state index contributed by atoms with van der Waals surface area (Å²) in [6.07, 6.45) is 1.56. The van der Waals surface area contributed by atoms with Crippen LogP contribution in [0.25, 0.3) is 5.69 Å². The highest BCUT2D eigenvalue weighted by Crippen LogP contribution is 2.20. The largest absolute Gasteiger partial charge is 0.508 e. The van der Waals surface area contributed by atoms with Gasteiger partial charge in [0.05, 0.1) is 5.69 Å². The van der Waals surface area contributed by atoms with Gasteiger partial charge >= 0.3 is 0 Å². The molecule has 1 aromatic heterocycles. The molecule has 0 saturated heterocycles. The van der Waals surface area contributed by atoms with E-state index in [0.717, 1.165) is 22.5 Å². The summed E-state index contributed by atoms with van der Waals surface area (Å²) in [5, 5.41) is 23.8. The molecule has 0 fully saturated rings. The number of nitrogens with zero attached hydrogens (tertiary/aromatic N) is 4. The third kappa shape index (κ3) is 3.00. The lowest BCUT2D eigenvalue weighted by atomic mass is 10.1. The number of benzene rings is 2. The maximum absolute atomic E-state index is 9.29. The molecular formula is C15H15N5O. The Morgan fingerprint density at radius 1 is 1.14 bits per heavy atom. The Bertz CT molecular complexity index is 722. The lowest BCUT2D eigenvalue weighted by molar-refractivity contribution is 0.475. The Morgan fingerprint density at radius 2 is 1.95 bits per heavy atom. The summed E-state index contributed by atoms with van der Waals surface area (Å²) in [7, 11) is 0. The van der Waals surface area contributed by atoms with Gasteiger partial charge in [0.1, 0.15) is 12.1 Å². The Morgan fingerprint density at radius 3 is 2.67 bits per heavy atom. The summed E-state index contributed by atoms with van der Waals surface area (Å²) < 4.78 is 1.62. The molecule has 3 rings (SSSR count). The van der Waals surface area contributed by atoms with Crippen LogP contribution < -0.4 is 5.32 Å². The SMILES string of the molecule is Cc1ccc(-n2cnnn2)cc1NCc1ccc(O)cc1. The molecule has 0 aliphatic rings. The van der Waals surface area contributed by atoms with Crippen molar-refractivity contribution < 1.29 is 5.11 Å². The molecule has 0 aliphatic carbocycles. The van der Waals surface area contributed by atoms with E-state index in [1.807, 2.05) is 37.3 Å². The molecule has 0 spiro atoms. The molecule has 2 N–H and O–H groups in total. The van der Waals surface area contributed by atoms with Gasteiger partial charge in [-0.1, -0.05) is 18.2 Å². The first-order valence-electron chi connectivity index (χ1n) is 6.58. The van der Waals surface area contributed by atoms with Crippen LogP contribution in [0.2, 0.25) is 0 Å². The number of tetrazole rings is 1. The highest BCUT2D eigenvalue weighted by atomic mass is 16.3. The van der Waals surface area contributed by atoms with E-state index < -0.39 is 0 Å². The highest BCUT2D eigenvalue weighted by molar-refractivity contribution is 5.56. The van der Waals surface area contributed by atoms with E-state index in [0.29, 0.717) is 6.54 Å². The fraction of sp³-hybridized carbons (Fsp3) is 0.133. The number of nitrogens with one attached hydrogen (secondary N) is 1. The van der Waals surface area contributed by atoms with Gasteiger partial charge in [0.25, 0.3) is 0 Å². The number of aromatic nitrogens is 4. The van der Waals surface area contributed by atoms with Crippen LogP contribution >= 0.6 is 0 Å². The molecule has 6 nitrogen and oxygen atoms in total. The van der Waals surface area contributed by atoms with Gasteiger partial charge in [-0.25, -0.2) is 4.68 Å². The fourth-order valence-corrected chi connectivity index (χ4v) is 2.03. The van der Waals surface area contributed by atoms with Crippen LogP contribution in [0.3, 0.4) is 0 Å². The fourth-order valence-electron chi connectivity index (χ4n) is 2.03. The van der Waals surface area contributed by atoms with Gasteiger partial charge in [-0.05, 0) is 52.7 Å². The molecule has 21 heavy (non-hydrogen) atoms. The first-order chi connectivity index (χ1) is 10.2. The molecule has 2 aromatic carbocycles. The normalized spacial score (nSPS) is 10.5. The molecule has 0 radical (unpaired) electrons. The smallest absolute Gasteiger partial charge is 0.143 e. The molecule has 6 heteroatoms. The molecule has 0 unspecified atom stereocenters. The summed E-state index contributed by atoms with van der Waals surface area (Å²) in [6, 6.07) is 13.1. The minimum Gasteiger partial charge on any atom is -0.508 e. The third-order valence-corrected chi connectivity index (χ3v) is 3.25. The Balaban J connectivity index is 1.78. The standard InChI is InChI=1S/C15H15N5O/c1-11-2-5-13(20-10-17-18-19-20)8-15(11)16-9-12-3-6-14(21)7-4-12/h2-8,10,16,21H,9H2,1H3. The van der Waals surface area contributed by atoms with Crippen LogP contribution in [-0.4, -0.2) is 25.3 Å². The van der Waals surface area contributed by atoms with E-state index >= 15 is 0 Å². The van der Waals surface area contributed by atoms with E-state index in [4.69, 9.17) is 0 Å². The van der Waals surface area contributed by atoms with Crippen LogP contribution in [0, 0.1) is 6.92 Å². The van der Waals surface area contributed by atoms with E-state index in [1.54, 1.807) is 23.1 Å². The van der Waals surface area contributed by atoms with Crippen LogP contribution in [0.1, 0.15) is 11.1 Å². The van der Waals surface area contributed by atoms with Gasteiger partial charge in [0, 0.05) is 12.2 Å². The van der Waals surface area contributed by atoms with E-state index in [1.165, 1.54) is 0 Å². The summed E-state index contributed by atoms with van der Waals surface area (Å²) in [5.41, 5.74) is 4.17. The number of aromatic hydroxyl groups is 1. The van der Waals surface area contributed by atoms with Crippen molar-refractivity contribution in [2.24, 2.45) is 0 Å². The van der Waals surface area contributed by atoms with Gasteiger partial charge in [0.2, 0.25) is 0 Å². The zero-order valence-electron chi connectivity index (χ0n) is 11.6. The second-order valence-corrected chi connectivity index (χ2v) is 4.77. The number of phenolic OH excluding ortho intramolecular Hbond substituents is 1. The van der Waals surface area contributed by atoms with Crippen LogP contribution in [-0.2, 0) is 6.54 Å². The van der Waals surface area contributed by atoms with Crippen LogP contribution in [0.5, 0.6) is 5.75 Å². The number of hydrogen-bond acceptors (Lipinski definition) is 5. The Kier molecular flexibility index (Phi) is 3.51. The second-order valence-electron chi connectivity index (χ2n) is 4.77. The van der Waals surface area contributed by atoms with Gasteiger partial charge in [-0.15, -0.1) is 5.10 Å². The number of aryl methyl sites for hydroxylation is 1. The lowest BCUT2D eigenvalue weighted by Crippen LogP contribution is -2.03. The monoisotopic (exact) mass is 281 g/mol. The van der Waals surface area contributed by atoms with Gasteiger partial charge < -0.3 is 10.4 Å². The minimum atomic E-state index is 0.274. The minimum absolute atomic E-state index is 0.274.